The molecule has 2 N–H and O–H groups in total. The second-order valence-corrected chi connectivity index (χ2v) is 14.8. The molecule has 0 unspecified atom stereocenters. The van der Waals surface area contributed by atoms with Gasteiger partial charge in [-0.1, -0.05) is 59.7 Å². The number of nitrogens with zero attached hydrogens (tertiary/aromatic N) is 3. The zero-order valence-electron chi connectivity index (χ0n) is 24.8. The van der Waals surface area contributed by atoms with Gasteiger partial charge in [0.1, 0.15) is 6.61 Å². The molecule has 1 aliphatic rings. The Bertz CT molecular complexity index is 1250. The highest BCUT2D eigenvalue weighted by atomic mass is 32.1. The zero-order chi connectivity index (χ0) is 27.9. The molecule has 1 aromatic carbocycles. The van der Waals surface area contributed by atoms with Crippen molar-refractivity contribution >= 4 is 17.2 Å². The summed E-state index contributed by atoms with van der Waals surface area (Å²) in [7, 11) is 0. The summed E-state index contributed by atoms with van der Waals surface area (Å²) in [5.41, 5.74) is 11.4. The molecule has 4 rings (SSSR count). The van der Waals surface area contributed by atoms with Crippen LogP contribution in [0.1, 0.15) is 103 Å². The molecular weight excluding hydrogens is 488 g/mol. The molecule has 0 atom stereocenters. The summed E-state index contributed by atoms with van der Waals surface area (Å²) in [5, 5.41) is 1.22. The summed E-state index contributed by atoms with van der Waals surface area (Å²) in [4.78, 5) is 13.0. The van der Waals surface area contributed by atoms with E-state index in [0.29, 0.717) is 24.1 Å². The van der Waals surface area contributed by atoms with Gasteiger partial charge >= 0.3 is 0 Å². The highest BCUT2D eigenvalue weighted by molar-refractivity contribution is 7.15. The van der Waals surface area contributed by atoms with Gasteiger partial charge in [-0.3, -0.25) is 4.90 Å². The van der Waals surface area contributed by atoms with E-state index in [2.05, 4.69) is 90.4 Å². The van der Waals surface area contributed by atoms with E-state index in [0.717, 1.165) is 36.4 Å². The maximum Gasteiger partial charge on any atom is 0.166 e. The Kier molecular flexibility index (Phi) is 7.98. The third-order valence-electron chi connectivity index (χ3n) is 7.57. The average molecular weight is 535 g/mol. The number of anilines is 1. The first-order valence-corrected chi connectivity index (χ1v) is 14.7. The maximum absolute atomic E-state index is 6.35. The zero-order valence-corrected chi connectivity index (χ0v) is 25.6. The molecule has 3 aromatic rings. The fourth-order valence-corrected chi connectivity index (χ4v) is 6.57. The lowest BCUT2D eigenvalue weighted by molar-refractivity contribution is 0.102. The number of benzene rings is 1. The van der Waals surface area contributed by atoms with E-state index in [-0.39, 0.29) is 16.4 Å². The van der Waals surface area contributed by atoms with Crippen LogP contribution in [0.15, 0.2) is 36.7 Å². The van der Waals surface area contributed by atoms with Crippen molar-refractivity contribution in [3.05, 3.63) is 58.4 Å². The van der Waals surface area contributed by atoms with Gasteiger partial charge in [0.25, 0.3) is 0 Å². The molecule has 0 aliphatic carbocycles. The molecule has 1 aliphatic heterocycles. The Morgan fingerprint density at radius 3 is 2.24 bits per heavy atom. The van der Waals surface area contributed by atoms with E-state index in [1.54, 1.807) is 11.3 Å². The van der Waals surface area contributed by atoms with Crippen molar-refractivity contribution in [1.82, 2.24) is 14.9 Å². The molecule has 1 fully saturated rings. The van der Waals surface area contributed by atoms with Crippen LogP contribution in [0.2, 0.25) is 0 Å². The van der Waals surface area contributed by atoms with E-state index in [4.69, 9.17) is 15.5 Å². The van der Waals surface area contributed by atoms with Gasteiger partial charge in [-0.2, -0.15) is 0 Å². The molecule has 0 saturated carbocycles. The Morgan fingerprint density at radius 1 is 0.947 bits per heavy atom. The SMILES string of the molecule is CC(C)(C)c1cccc(COc2cc(-c3cnc(C4CCN(C(C)(C)C)CC4)s3)cnc2N)c1C(C)(C)C. The molecule has 2 aromatic heterocycles. The number of piperidine rings is 1. The quantitative estimate of drug-likeness (QED) is 0.360. The van der Waals surface area contributed by atoms with E-state index in [9.17, 15) is 0 Å². The van der Waals surface area contributed by atoms with Gasteiger partial charge in [0.05, 0.1) is 9.88 Å². The third-order valence-corrected chi connectivity index (χ3v) is 8.78. The van der Waals surface area contributed by atoms with Crippen molar-refractivity contribution in [1.29, 1.82) is 0 Å². The Labute approximate surface area is 233 Å². The van der Waals surface area contributed by atoms with E-state index in [1.807, 2.05) is 18.5 Å². The lowest BCUT2D eigenvalue weighted by Crippen LogP contribution is -2.45. The molecule has 0 spiro atoms. The number of ether oxygens (including phenoxy) is 1. The van der Waals surface area contributed by atoms with Crippen LogP contribution >= 0.6 is 11.3 Å². The second-order valence-electron chi connectivity index (χ2n) is 13.7. The molecule has 3 heterocycles. The second kappa shape index (κ2) is 10.6. The topological polar surface area (TPSA) is 64.3 Å². The number of hydrogen-bond acceptors (Lipinski definition) is 6. The standard InChI is InChI=1S/C32H46N4OS/c1-30(2,3)24-12-10-11-22(27(24)31(4,5)6)20-37-25-17-23(18-34-28(25)33)26-19-35-29(38-26)21-13-15-36(16-14-21)32(7,8)9/h10-12,17-19,21H,13-16,20H2,1-9H3,(H2,33,34). The Balaban J connectivity index is 1.52. The predicted octanol–water partition coefficient (Wildman–Crippen LogP) is 7.94. The summed E-state index contributed by atoms with van der Waals surface area (Å²) in [6, 6.07) is 8.57. The van der Waals surface area contributed by atoms with Gasteiger partial charge in [-0.05, 0) is 80.3 Å². The molecule has 0 amide bonds. The fraction of sp³-hybridized carbons (Fsp3) is 0.562. The number of likely N-dealkylation sites (tertiary alicyclic amines) is 1. The summed E-state index contributed by atoms with van der Waals surface area (Å²) in [5.74, 6) is 1.56. The van der Waals surface area contributed by atoms with Crippen LogP contribution in [0.3, 0.4) is 0 Å². The lowest BCUT2D eigenvalue weighted by Gasteiger charge is -2.40. The van der Waals surface area contributed by atoms with Crippen molar-refractivity contribution in [3.8, 4) is 16.2 Å². The molecule has 6 heteroatoms. The number of aromatic nitrogens is 2. The van der Waals surface area contributed by atoms with Crippen molar-refractivity contribution in [3.63, 3.8) is 0 Å². The van der Waals surface area contributed by atoms with Crippen molar-refractivity contribution in [2.24, 2.45) is 0 Å². The molecule has 1 saturated heterocycles. The highest BCUT2D eigenvalue weighted by Crippen LogP contribution is 2.39. The van der Waals surface area contributed by atoms with Crippen LogP contribution < -0.4 is 10.5 Å². The maximum atomic E-state index is 6.35. The minimum atomic E-state index is -0.00369. The van der Waals surface area contributed by atoms with E-state index in [1.165, 1.54) is 21.7 Å². The first kappa shape index (κ1) is 28.6. The largest absolute Gasteiger partial charge is 0.485 e. The highest BCUT2D eigenvalue weighted by Gasteiger charge is 2.30. The van der Waals surface area contributed by atoms with Gasteiger partial charge in [0.2, 0.25) is 0 Å². The van der Waals surface area contributed by atoms with Crippen LogP contribution in [0, 0.1) is 0 Å². The van der Waals surface area contributed by atoms with Gasteiger partial charge in [0.15, 0.2) is 11.6 Å². The van der Waals surface area contributed by atoms with Crippen molar-refractivity contribution in [2.75, 3.05) is 18.8 Å². The first-order chi connectivity index (χ1) is 17.6. The minimum Gasteiger partial charge on any atom is -0.485 e. The molecule has 206 valence electrons. The molecule has 5 nitrogen and oxygen atoms in total. The van der Waals surface area contributed by atoms with Gasteiger partial charge < -0.3 is 10.5 Å². The smallest absolute Gasteiger partial charge is 0.166 e. The van der Waals surface area contributed by atoms with Crippen molar-refractivity contribution < 1.29 is 4.74 Å². The van der Waals surface area contributed by atoms with Gasteiger partial charge in [0, 0.05) is 29.4 Å². The predicted molar refractivity (Wildman–Crippen MR) is 161 cm³/mol. The van der Waals surface area contributed by atoms with Gasteiger partial charge in [-0.25, -0.2) is 9.97 Å². The minimum absolute atomic E-state index is 0.00369. The summed E-state index contributed by atoms with van der Waals surface area (Å²) in [6.45, 7) is 23.2. The van der Waals surface area contributed by atoms with Crippen molar-refractivity contribution in [2.45, 2.75) is 104 Å². The van der Waals surface area contributed by atoms with Crippen LogP contribution in [0.25, 0.3) is 10.4 Å². The number of thiazole rings is 1. The molecular formula is C32H46N4OS. The molecule has 38 heavy (non-hydrogen) atoms. The summed E-state index contributed by atoms with van der Waals surface area (Å²) < 4.78 is 6.35. The normalized spacial score (nSPS) is 16.1. The lowest BCUT2D eigenvalue weighted by atomic mass is 9.73. The Morgan fingerprint density at radius 2 is 1.63 bits per heavy atom. The van der Waals surface area contributed by atoms with Gasteiger partial charge in [-0.15, -0.1) is 11.3 Å². The first-order valence-electron chi connectivity index (χ1n) is 13.9. The molecule has 0 bridgehead atoms. The van der Waals surface area contributed by atoms with Crippen LogP contribution in [0.5, 0.6) is 5.75 Å². The number of hydrogen-bond donors (Lipinski definition) is 1. The molecule has 0 radical (unpaired) electrons. The number of nitrogens with two attached hydrogens (primary N) is 1. The Hall–Kier alpha value is -2.44. The van der Waals surface area contributed by atoms with E-state index >= 15 is 0 Å². The fourth-order valence-electron chi connectivity index (χ4n) is 5.50. The third kappa shape index (κ3) is 6.40. The van der Waals surface area contributed by atoms with E-state index < -0.39 is 0 Å². The van der Waals surface area contributed by atoms with Crippen LogP contribution in [0.4, 0.5) is 5.82 Å². The summed E-state index contributed by atoms with van der Waals surface area (Å²) >= 11 is 1.77. The van der Waals surface area contributed by atoms with Crippen LogP contribution in [-0.4, -0.2) is 33.5 Å². The average Bonchev–Trinajstić information content (AvgIpc) is 3.32. The number of pyridine rings is 1. The monoisotopic (exact) mass is 534 g/mol. The van der Waals surface area contributed by atoms with Crippen LogP contribution in [-0.2, 0) is 17.4 Å². The number of rotatable bonds is 5. The summed E-state index contributed by atoms with van der Waals surface area (Å²) in [6.07, 6.45) is 6.13. The number of nitrogen functional groups attached to an aromatic ring is 1.